The molecule has 0 aromatic heterocycles. The SMILES string of the molecule is C.CC(=O)[C@@H]1N(S(=O)(=O)c2ccc(C)cc2)CCCSC1(C)C.CC(=O)[C@H](NS(=O)(=O)c1ccc(C)cc1)C(C)(C)SCCCO.CC(C)(S)[C@@H](N)C(=O)O.Cc1ccc(S(=O)(=O)N2CCCSC(C)(C)[C@@H]2C(=O)NO)cc1.Cc1ccc(S(=O)(=O)N2CCCSC(C)(C)[C@@H]2C(=O)O)cc1.[Na+].[OH-]. The fraction of sp³-hybridized carbons (Fsp3) is 0.574. The summed E-state index contributed by atoms with van der Waals surface area (Å²) in [6.45, 7) is 29.5. The zero-order valence-electron chi connectivity index (χ0n) is 60.8. The van der Waals surface area contributed by atoms with E-state index in [9.17, 15) is 62.8 Å². The molecule has 0 spiro atoms. The minimum absolute atomic E-state index is 0. The standard InChI is InChI=1S/C16H25NO4S2.C16H23NO3S2.C15H22N2O4S2.C15H21NO4S2.C5H11NO2S.CH4.Na.H2O/c1-12-6-8-14(9-7-12)23(20,21)17-15(13(2)19)16(3,4)22-11-5-10-18;1-12-6-8-14(9-7-12)22(19,20)17-10-5-11-21-16(3,4)15(17)13(2)18;1-11-5-7-12(8-6-11)23(20,21)17-9-4-10-22-15(2,3)13(17)14(18)16-19;1-11-5-7-12(8-6-11)22(19,20)16-9-4-10-21-15(2,3)13(16)14(17)18;1-5(2,9)3(6)4(7)8;;;/h6-9,15,17-18H,5,10-11H2,1-4H3;6-9,15H,5,10-11H2,1-4H3;5-8,13,19H,4,9-10H2,1-3H3,(H,16,18);5-8,13H,4,9-10H2,1-3H3,(H,17,18);3,9H,6H2,1-2H3,(H,7,8);1H4;;1H2/q;;;;;;+1;/p-1/t2*15-;2*13-;3-;;;/m00000.../s1. The van der Waals surface area contributed by atoms with Crippen molar-refractivity contribution in [3.8, 4) is 0 Å². The minimum Gasteiger partial charge on any atom is -0.870 e. The van der Waals surface area contributed by atoms with Crippen molar-refractivity contribution < 1.29 is 113 Å². The topological polar surface area (TPSA) is 393 Å². The van der Waals surface area contributed by atoms with Crippen molar-refractivity contribution in [1.82, 2.24) is 23.1 Å². The Kier molecular flexibility index (Phi) is 40.7. The number of hydrogen-bond donors (Lipinski definition) is 8. The number of amides is 1. The van der Waals surface area contributed by atoms with Crippen LogP contribution < -0.4 is 45.5 Å². The van der Waals surface area contributed by atoms with Gasteiger partial charge in [-0.1, -0.05) is 78.2 Å². The number of carboxylic acid groups (broad SMARTS) is 2. The number of carbonyl (C=O) groups excluding carboxylic acids is 3. The number of sulfonamides is 4. The van der Waals surface area contributed by atoms with Crippen LogP contribution in [-0.2, 0) is 64.1 Å². The summed E-state index contributed by atoms with van der Waals surface area (Å²) in [6.07, 6.45) is 2.64. The number of ketones is 2. The van der Waals surface area contributed by atoms with Crippen LogP contribution in [0.25, 0.3) is 0 Å². The van der Waals surface area contributed by atoms with Gasteiger partial charge in [-0.2, -0.15) is 77.3 Å². The van der Waals surface area contributed by atoms with Gasteiger partial charge in [0.25, 0.3) is 5.91 Å². The molecule has 1 amide bonds. The second-order valence-electron chi connectivity index (χ2n) is 26.8. The molecule has 0 bridgehead atoms. The Bertz CT molecular complexity index is 3710. The van der Waals surface area contributed by atoms with Gasteiger partial charge in [-0.15, -0.1) is 0 Å². The zero-order valence-corrected chi connectivity index (χ0v) is 70.2. The van der Waals surface area contributed by atoms with Crippen LogP contribution in [-0.4, -0.2) is 205 Å². The maximum Gasteiger partial charge on any atom is 1.00 e. The third-order valence-corrected chi connectivity index (χ3v) is 29.4. The number of carbonyl (C=O) groups is 5. The maximum absolute atomic E-state index is 13.0. The van der Waals surface area contributed by atoms with Crippen LogP contribution in [0.2, 0.25) is 0 Å². The molecule has 34 heteroatoms. The number of nitrogens with two attached hydrogens (primary N) is 1. The molecule has 9 N–H and O–H groups in total. The Balaban J connectivity index is 0.00000127. The predicted molar refractivity (Wildman–Crippen MR) is 410 cm³/mol. The van der Waals surface area contributed by atoms with Crippen molar-refractivity contribution in [2.24, 2.45) is 5.73 Å². The predicted octanol–water partition coefficient (Wildman–Crippen LogP) is 6.68. The quantitative estimate of drug-likeness (QED) is 0.0150. The molecule has 3 aliphatic heterocycles. The first kappa shape index (κ1) is 98.9. The van der Waals surface area contributed by atoms with Crippen LogP contribution in [0, 0.1) is 27.7 Å². The molecule has 3 saturated heterocycles. The van der Waals surface area contributed by atoms with E-state index in [1.807, 2.05) is 69.2 Å². The summed E-state index contributed by atoms with van der Waals surface area (Å²) in [7, 11) is -15.1. The first-order valence-electron chi connectivity index (χ1n) is 31.9. The largest absolute Gasteiger partial charge is 1.00 e. The molecule has 102 heavy (non-hydrogen) atoms. The molecular formula is C68H107N6NaO18S9. The molecule has 572 valence electrons. The van der Waals surface area contributed by atoms with Crippen LogP contribution in [0.3, 0.4) is 0 Å². The van der Waals surface area contributed by atoms with Gasteiger partial charge in [0, 0.05) is 50.0 Å². The van der Waals surface area contributed by atoms with Crippen molar-refractivity contribution in [1.29, 1.82) is 0 Å². The van der Waals surface area contributed by atoms with Gasteiger partial charge in [0.2, 0.25) is 40.1 Å². The Morgan fingerprint density at radius 1 is 0.588 bits per heavy atom. The average Bonchev–Trinajstić information content (AvgIpc) is 1.42. The van der Waals surface area contributed by atoms with Crippen LogP contribution in [0.5, 0.6) is 0 Å². The van der Waals surface area contributed by atoms with Crippen LogP contribution in [0.4, 0.5) is 0 Å². The first-order valence-corrected chi connectivity index (χ1v) is 42.1. The molecule has 5 atom stereocenters. The van der Waals surface area contributed by atoms with E-state index in [1.165, 1.54) is 82.0 Å². The van der Waals surface area contributed by atoms with Gasteiger partial charge < -0.3 is 26.5 Å². The summed E-state index contributed by atoms with van der Waals surface area (Å²) in [6, 6.07) is 21.9. The van der Waals surface area contributed by atoms with E-state index in [1.54, 1.807) is 118 Å². The smallest absolute Gasteiger partial charge is 0.870 e. The van der Waals surface area contributed by atoms with Gasteiger partial charge >= 0.3 is 41.5 Å². The molecule has 0 unspecified atom stereocenters. The number of benzene rings is 4. The number of aliphatic hydroxyl groups is 1. The number of aryl methyl sites for hydroxylation is 4. The van der Waals surface area contributed by atoms with Crippen molar-refractivity contribution >= 4 is 129 Å². The Morgan fingerprint density at radius 2 is 0.892 bits per heavy atom. The number of thioether (sulfide) groups is 4. The van der Waals surface area contributed by atoms with Crippen LogP contribution in [0.1, 0.15) is 138 Å². The minimum atomic E-state index is -3.83. The van der Waals surface area contributed by atoms with E-state index in [0.29, 0.717) is 31.6 Å². The number of rotatable bonds is 20. The second kappa shape index (κ2) is 42.0. The number of aliphatic hydroxyl groups excluding tert-OH is 1. The monoisotopic (exact) mass is 1610 g/mol. The molecule has 3 fully saturated rings. The van der Waals surface area contributed by atoms with E-state index >= 15 is 0 Å². The summed E-state index contributed by atoms with van der Waals surface area (Å²) in [5.41, 5.74) is 10.7. The van der Waals surface area contributed by atoms with Crippen molar-refractivity contribution in [3.63, 3.8) is 0 Å². The Hall–Kier alpha value is -3.14. The Labute approximate surface area is 651 Å². The normalized spacial score (nSPS) is 19.4. The third-order valence-electron chi connectivity index (χ3n) is 16.2. The third kappa shape index (κ3) is 28.1. The van der Waals surface area contributed by atoms with Gasteiger partial charge in [-0.25, -0.2) is 39.2 Å². The molecule has 24 nitrogen and oxygen atoms in total. The molecule has 4 aromatic carbocycles. The van der Waals surface area contributed by atoms with Crippen molar-refractivity contribution in [2.75, 3.05) is 49.3 Å². The fourth-order valence-corrected chi connectivity index (χ4v) is 22.6. The fourth-order valence-electron chi connectivity index (χ4n) is 10.7. The number of hydrogen-bond acceptors (Lipinski definition) is 22. The molecular weight excluding hydrogens is 1500 g/mol. The molecule has 7 rings (SSSR count). The van der Waals surface area contributed by atoms with E-state index < -0.39 is 112 Å². The maximum atomic E-state index is 13.0. The molecule has 3 aliphatic rings. The number of Topliss-reactive ketones (excluding diaryl/α,β-unsaturated/α-hetero) is 2. The number of aliphatic carboxylic acids is 2. The van der Waals surface area contributed by atoms with E-state index in [-0.39, 0.29) is 93.3 Å². The molecule has 0 saturated carbocycles. The number of nitrogens with one attached hydrogen (secondary N) is 2. The van der Waals surface area contributed by atoms with Gasteiger partial charge in [0.1, 0.15) is 29.7 Å². The van der Waals surface area contributed by atoms with Crippen LogP contribution in [0.15, 0.2) is 117 Å². The molecule has 4 aromatic rings. The summed E-state index contributed by atoms with van der Waals surface area (Å²) >= 11 is 10.2. The number of carboxylic acids is 2. The van der Waals surface area contributed by atoms with E-state index in [2.05, 4.69) is 17.4 Å². The summed E-state index contributed by atoms with van der Waals surface area (Å²) in [5.74, 6) is -0.155. The van der Waals surface area contributed by atoms with Crippen LogP contribution >= 0.6 is 59.7 Å². The number of thiol groups is 1. The Morgan fingerprint density at radius 3 is 1.17 bits per heavy atom. The molecule has 3 heterocycles. The van der Waals surface area contributed by atoms with E-state index in [4.69, 9.17) is 21.2 Å². The van der Waals surface area contributed by atoms with Crippen molar-refractivity contribution in [3.05, 3.63) is 119 Å². The summed E-state index contributed by atoms with van der Waals surface area (Å²) in [4.78, 5) is 59.0. The number of hydroxylamine groups is 1. The van der Waals surface area contributed by atoms with E-state index in [0.717, 1.165) is 50.2 Å². The number of nitrogens with zero attached hydrogens (tertiary/aromatic N) is 3. The molecule has 0 aliphatic carbocycles. The summed E-state index contributed by atoms with van der Waals surface area (Å²) in [5, 5.41) is 35.9. The summed E-state index contributed by atoms with van der Waals surface area (Å²) < 4.78 is 106. The van der Waals surface area contributed by atoms with Gasteiger partial charge in [-0.05, 0) is 208 Å². The second-order valence-corrected chi connectivity index (χ2v) is 42.3. The molecule has 0 radical (unpaired) electrons. The van der Waals surface area contributed by atoms with Gasteiger partial charge in [-0.3, -0.25) is 29.2 Å². The zero-order chi connectivity index (χ0) is 75.7. The van der Waals surface area contributed by atoms with Gasteiger partial charge in [0.05, 0.1) is 31.7 Å². The first-order chi connectivity index (χ1) is 45.5. The average molecular weight is 1610 g/mol. The van der Waals surface area contributed by atoms with Crippen molar-refractivity contribution in [2.45, 2.75) is 217 Å². The van der Waals surface area contributed by atoms with Gasteiger partial charge in [0.15, 0.2) is 0 Å².